The quantitative estimate of drug-likeness (QED) is 0.539. The van der Waals surface area contributed by atoms with Gasteiger partial charge in [-0.1, -0.05) is 24.1 Å². The van der Waals surface area contributed by atoms with Crippen LogP contribution in [0.3, 0.4) is 0 Å². The number of hydrogen-bond donors (Lipinski definition) is 1. The van der Waals surface area contributed by atoms with Gasteiger partial charge < -0.3 is 14.8 Å². The number of esters is 1. The molecular formula is C24H29ClN2O6S. The Balaban J connectivity index is 1.60. The van der Waals surface area contributed by atoms with Crippen molar-refractivity contribution in [1.29, 1.82) is 0 Å². The monoisotopic (exact) mass is 508 g/mol. The summed E-state index contributed by atoms with van der Waals surface area (Å²) in [5.41, 5.74) is 2.12. The van der Waals surface area contributed by atoms with Crippen LogP contribution in [0, 0.1) is 13.8 Å². The Hall–Kier alpha value is -2.62. The molecular weight excluding hydrogens is 480 g/mol. The summed E-state index contributed by atoms with van der Waals surface area (Å²) in [5, 5.41) is 2.72. The lowest BCUT2D eigenvalue weighted by molar-refractivity contribution is -0.155. The van der Waals surface area contributed by atoms with Gasteiger partial charge >= 0.3 is 5.97 Å². The highest BCUT2D eigenvalue weighted by Gasteiger charge is 2.27. The number of carbonyl (C=O) groups excluding carboxylic acids is 2. The first kappa shape index (κ1) is 26.0. The van der Waals surface area contributed by atoms with Gasteiger partial charge in [0.05, 0.1) is 15.6 Å². The number of hydrogen-bond acceptors (Lipinski definition) is 6. The minimum atomic E-state index is -3.69. The van der Waals surface area contributed by atoms with Gasteiger partial charge in [0.25, 0.3) is 5.91 Å². The van der Waals surface area contributed by atoms with Gasteiger partial charge in [0.15, 0.2) is 12.7 Å². The van der Waals surface area contributed by atoms with Gasteiger partial charge in [-0.15, -0.1) is 0 Å². The number of benzene rings is 2. The summed E-state index contributed by atoms with van der Waals surface area (Å²) in [4.78, 5) is 24.8. The van der Waals surface area contributed by atoms with Crippen LogP contribution in [0.25, 0.3) is 0 Å². The second-order valence-electron chi connectivity index (χ2n) is 8.34. The average molecular weight is 509 g/mol. The number of anilines is 1. The van der Waals surface area contributed by atoms with Crippen LogP contribution in [0.15, 0.2) is 41.3 Å². The molecule has 2 aromatic rings. The van der Waals surface area contributed by atoms with Gasteiger partial charge in [0, 0.05) is 13.1 Å². The molecule has 1 aliphatic heterocycles. The van der Waals surface area contributed by atoms with Gasteiger partial charge in [0.2, 0.25) is 10.0 Å². The second kappa shape index (κ2) is 11.2. The van der Waals surface area contributed by atoms with Gasteiger partial charge in [-0.05, 0) is 75.1 Å². The third-order valence-electron chi connectivity index (χ3n) is 5.38. The van der Waals surface area contributed by atoms with Crippen molar-refractivity contribution in [3.63, 3.8) is 0 Å². The van der Waals surface area contributed by atoms with Gasteiger partial charge in [-0.25, -0.2) is 13.2 Å². The molecule has 184 valence electrons. The molecule has 0 saturated carbocycles. The van der Waals surface area contributed by atoms with Crippen LogP contribution >= 0.6 is 11.6 Å². The van der Waals surface area contributed by atoms with E-state index in [-0.39, 0.29) is 22.2 Å². The van der Waals surface area contributed by atoms with Gasteiger partial charge in [-0.2, -0.15) is 4.31 Å². The fourth-order valence-electron chi connectivity index (χ4n) is 3.69. The van der Waals surface area contributed by atoms with E-state index in [2.05, 4.69) is 5.32 Å². The topological polar surface area (TPSA) is 102 Å². The molecule has 10 heteroatoms. The zero-order valence-corrected chi connectivity index (χ0v) is 21.0. The Morgan fingerprint density at radius 3 is 2.35 bits per heavy atom. The summed E-state index contributed by atoms with van der Waals surface area (Å²) in [5.74, 6) is -0.825. The molecule has 1 saturated heterocycles. The number of halogens is 1. The van der Waals surface area contributed by atoms with Crippen molar-refractivity contribution in [3.05, 3.63) is 52.5 Å². The van der Waals surface area contributed by atoms with E-state index >= 15 is 0 Å². The van der Waals surface area contributed by atoms with Crippen molar-refractivity contribution < 1.29 is 27.5 Å². The molecule has 1 unspecified atom stereocenters. The van der Waals surface area contributed by atoms with Crippen molar-refractivity contribution in [2.24, 2.45) is 0 Å². The highest BCUT2D eigenvalue weighted by atomic mass is 35.5. The number of nitrogens with zero attached hydrogens (tertiary/aromatic N) is 1. The first-order valence-corrected chi connectivity index (χ1v) is 12.9. The Morgan fingerprint density at radius 1 is 1.06 bits per heavy atom. The molecule has 34 heavy (non-hydrogen) atoms. The largest absolute Gasteiger partial charge is 0.482 e. The maximum absolute atomic E-state index is 12.9. The molecule has 2 aromatic carbocycles. The molecule has 0 aliphatic carbocycles. The number of sulfonamides is 1. The number of amides is 1. The van der Waals surface area contributed by atoms with E-state index in [9.17, 15) is 18.0 Å². The molecule has 1 heterocycles. The number of carbonyl (C=O) groups is 2. The van der Waals surface area contributed by atoms with Crippen LogP contribution in [0.4, 0.5) is 5.69 Å². The molecule has 0 spiro atoms. The van der Waals surface area contributed by atoms with Crippen LogP contribution in [0.1, 0.15) is 37.3 Å². The Morgan fingerprint density at radius 2 is 1.71 bits per heavy atom. The minimum Gasteiger partial charge on any atom is -0.482 e. The van der Waals surface area contributed by atoms with Crippen LogP contribution < -0.4 is 10.1 Å². The molecule has 0 bridgehead atoms. The molecule has 1 fully saturated rings. The van der Waals surface area contributed by atoms with E-state index in [1.165, 1.54) is 29.4 Å². The lowest BCUT2D eigenvalue weighted by atomic mass is 10.1. The van der Waals surface area contributed by atoms with Crippen LogP contribution in [-0.4, -0.2) is 50.4 Å². The number of rotatable bonds is 8. The molecule has 0 radical (unpaired) electrons. The van der Waals surface area contributed by atoms with Crippen molar-refractivity contribution in [2.75, 3.05) is 25.0 Å². The number of aryl methyl sites for hydroxylation is 2. The molecule has 8 nitrogen and oxygen atoms in total. The number of ether oxygens (including phenoxy) is 2. The summed E-state index contributed by atoms with van der Waals surface area (Å²) in [6.45, 7) is 5.82. The summed E-state index contributed by atoms with van der Waals surface area (Å²) >= 11 is 6.18. The van der Waals surface area contributed by atoms with E-state index in [4.69, 9.17) is 21.1 Å². The normalized spacial score (nSPS) is 15.4. The minimum absolute atomic E-state index is 0.0422. The predicted molar refractivity (Wildman–Crippen MR) is 130 cm³/mol. The summed E-state index contributed by atoms with van der Waals surface area (Å²) in [6.07, 6.45) is 1.48. The Labute approximate surface area is 205 Å². The third-order valence-corrected chi connectivity index (χ3v) is 7.60. The Bertz CT molecular complexity index is 1140. The summed E-state index contributed by atoms with van der Waals surface area (Å²) < 4.78 is 37.9. The van der Waals surface area contributed by atoms with E-state index in [1.54, 1.807) is 12.1 Å². The smallest absolute Gasteiger partial charge is 0.344 e. The lowest BCUT2D eigenvalue weighted by Crippen LogP contribution is -2.35. The van der Waals surface area contributed by atoms with E-state index < -0.39 is 28.0 Å². The molecule has 1 aliphatic rings. The van der Waals surface area contributed by atoms with Crippen molar-refractivity contribution in [2.45, 2.75) is 51.0 Å². The summed E-state index contributed by atoms with van der Waals surface area (Å²) in [6, 6.07) is 9.72. The maximum atomic E-state index is 12.9. The predicted octanol–water partition coefficient (Wildman–Crippen LogP) is 4.08. The Kier molecular flexibility index (Phi) is 8.57. The van der Waals surface area contributed by atoms with E-state index in [0.29, 0.717) is 18.8 Å². The standard InChI is InChI=1S/C24H29ClN2O6S/c1-16-11-17(2)13-19(12-16)32-15-23(28)33-18(3)24(29)26-22-14-20(7-8-21(22)25)34(30,31)27-9-5-4-6-10-27/h7-8,11-14,18H,4-6,9-10,15H2,1-3H3,(H,26,29). The van der Waals surface area contributed by atoms with Crippen molar-refractivity contribution >= 4 is 39.2 Å². The molecule has 1 amide bonds. The molecule has 0 aromatic heterocycles. The second-order valence-corrected chi connectivity index (χ2v) is 10.7. The van der Waals surface area contributed by atoms with Crippen LogP contribution in [0.5, 0.6) is 5.75 Å². The van der Waals surface area contributed by atoms with Gasteiger partial charge in [0.1, 0.15) is 5.75 Å². The molecule has 3 rings (SSSR count). The lowest BCUT2D eigenvalue weighted by Gasteiger charge is -2.26. The van der Waals surface area contributed by atoms with Crippen LogP contribution in [-0.2, 0) is 24.3 Å². The van der Waals surface area contributed by atoms with E-state index in [1.807, 2.05) is 19.9 Å². The number of piperidine rings is 1. The molecule has 1 N–H and O–H groups in total. The van der Waals surface area contributed by atoms with E-state index in [0.717, 1.165) is 30.4 Å². The highest BCUT2D eigenvalue weighted by molar-refractivity contribution is 7.89. The summed E-state index contributed by atoms with van der Waals surface area (Å²) in [7, 11) is -3.69. The fourth-order valence-corrected chi connectivity index (χ4v) is 5.40. The van der Waals surface area contributed by atoms with Crippen molar-refractivity contribution in [1.82, 2.24) is 4.31 Å². The SMILES string of the molecule is Cc1cc(C)cc(OCC(=O)OC(C)C(=O)Nc2cc(S(=O)(=O)N3CCCCC3)ccc2Cl)c1. The molecule has 1 atom stereocenters. The maximum Gasteiger partial charge on any atom is 0.344 e. The zero-order valence-electron chi connectivity index (χ0n) is 19.5. The first-order chi connectivity index (χ1) is 16.1. The first-order valence-electron chi connectivity index (χ1n) is 11.1. The zero-order chi connectivity index (χ0) is 24.9. The van der Waals surface area contributed by atoms with Crippen LogP contribution in [0.2, 0.25) is 5.02 Å². The average Bonchev–Trinajstić information content (AvgIpc) is 2.79. The fraction of sp³-hybridized carbons (Fsp3) is 0.417. The highest BCUT2D eigenvalue weighted by Crippen LogP contribution is 2.28. The number of nitrogens with one attached hydrogen (secondary N) is 1. The van der Waals surface area contributed by atoms with Crippen molar-refractivity contribution in [3.8, 4) is 5.75 Å². The van der Waals surface area contributed by atoms with Gasteiger partial charge in [-0.3, -0.25) is 4.79 Å². The third kappa shape index (κ3) is 6.71.